The van der Waals surface area contributed by atoms with Crippen molar-refractivity contribution < 1.29 is 0 Å². The predicted molar refractivity (Wildman–Crippen MR) is 58.9 cm³/mol. The highest BCUT2D eigenvalue weighted by Crippen LogP contribution is 2.00. The number of likely N-dealkylation sites (N-methyl/N-ethyl adjacent to an activating group) is 1. The first-order valence-electron chi connectivity index (χ1n) is 5.16. The molecule has 0 fully saturated rings. The molecule has 2 N–H and O–H groups in total. The summed E-state index contributed by atoms with van der Waals surface area (Å²) in [5.41, 5.74) is 5.66. The highest BCUT2D eigenvalue weighted by molar-refractivity contribution is 4.67. The van der Waals surface area contributed by atoms with E-state index in [1.54, 1.807) is 0 Å². The number of nitrogens with zero attached hydrogens (tertiary/aromatic N) is 2. The van der Waals surface area contributed by atoms with E-state index in [0.717, 1.165) is 26.1 Å². The van der Waals surface area contributed by atoms with Crippen molar-refractivity contribution in [2.75, 3.05) is 40.8 Å². The van der Waals surface area contributed by atoms with Gasteiger partial charge in [-0.05, 0) is 47.1 Å². The average molecular weight is 187 g/mol. The summed E-state index contributed by atoms with van der Waals surface area (Å²) in [6.07, 6.45) is 2.37. The molecule has 0 aromatic heterocycles. The maximum Gasteiger partial charge on any atom is 0.0212 e. The van der Waals surface area contributed by atoms with Crippen molar-refractivity contribution in [3.8, 4) is 0 Å². The molecular formula is C10H25N3. The van der Waals surface area contributed by atoms with Crippen LogP contribution in [-0.4, -0.2) is 56.6 Å². The van der Waals surface area contributed by atoms with Crippen LogP contribution in [0.4, 0.5) is 0 Å². The molecule has 0 saturated heterocycles. The van der Waals surface area contributed by atoms with Gasteiger partial charge in [0.25, 0.3) is 0 Å². The fourth-order valence-corrected chi connectivity index (χ4v) is 1.48. The van der Waals surface area contributed by atoms with Gasteiger partial charge >= 0.3 is 0 Å². The van der Waals surface area contributed by atoms with Crippen LogP contribution >= 0.6 is 0 Å². The summed E-state index contributed by atoms with van der Waals surface area (Å²) < 4.78 is 0. The second-order valence-corrected chi connectivity index (χ2v) is 3.94. The molecule has 0 radical (unpaired) electrons. The molecule has 0 heterocycles. The van der Waals surface area contributed by atoms with Crippen LogP contribution in [0.5, 0.6) is 0 Å². The van der Waals surface area contributed by atoms with E-state index >= 15 is 0 Å². The Balaban J connectivity index is 3.53. The maximum atomic E-state index is 5.66. The van der Waals surface area contributed by atoms with Gasteiger partial charge < -0.3 is 15.5 Å². The van der Waals surface area contributed by atoms with Crippen LogP contribution in [0, 0.1) is 0 Å². The van der Waals surface area contributed by atoms with Crippen LogP contribution in [0.1, 0.15) is 19.8 Å². The summed E-state index contributed by atoms with van der Waals surface area (Å²) in [6, 6.07) is 0.558. The van der Waals surface area contributed by atoms with Crippen molar-refractivity contribution in [2.24, 2.45) is 5.73 Å². The van der Waals surface area contributed by atoms with Gasteiger partial charge in [0.15, 0.2) is 0 Å². The Kier molecular flexibility index (Phi) is 7.23. The van der Waals surface area contributed by atoms with Gasteiger partial charge in [-0.1, -0.05) is 6.92 Å². The van der Waals surface area contributed by atoms with Crippen molar-refractivity contribution in [1.82, 2.24) is 9.80 Å². The average Bonchev–Trinajstić information content (AvgIpc) is 2.05. The van der Waals surface area contributed by atoms with Gasteiger partial charge in [-0.25, -0.2) is 0 Å². The van der Waals surface area contributed by atoms with Crippen LogP contribution in [-0.2, 0) is 0 Å². The zero-order valence-corrected chi connectivity index (χ0v) is 9.58. The molecule has 3 heteroatoms. The Morgan fingerprint density at radius 1 is 1.15 bits per heavy atom. The lowest BCUT2D eigenvalue weighted by atomic mass is 10.2. The molecular weight excluding hydrogens is 162 g/mol. The maximum absolute atomic E-state index is 5.66. The first-order chi connectivity index (χ1) is 6.11. The number of hydrogen-bond acceptors (Lipinski definition) is 3. The number of rotatable bonds is 7. The summed E-state index contributed by atoms with van der Waals surface area (Å²) in [5.74, 6) is 0. The van der Waals surface area contributed by atoms with Crippen LogP contribution in [0.3, 0.4) is 0 Å². The standard InChI is InChI=1S/C10H25N3/c1-5-10(9-11)13(4)8-6-7-12(2)3/h10H,5-9,11H2,1-4H3. The highest BCUT2D eigenvalue weighted by Gasteiger charge is 2.09. The van der Waals surface area contributed by atoms with E-state index in [0.29, 0.717) is 6.04 Å². The predicted octanol–water partition coefficient (Wildman–Crippen LogP) is 0.607. The van der Waals surface area contributed by atoms with Crippen molar-refractivity contribution >= 4 is 0 Å². The third-order valence-electron chi connectivity index (χ3n) is 2.48. The first-order valence-corrected chi connectivity index (χ1v) is 5.16. The molecule has 0 bridgehead atoms. The summed E-state index contributed by atoms with van der Waals surface area (Å²) in [4.78, 5) is 4.58. The second-order valence-electron chi connectivity index (χ2n) is 3.94. The van der Waals surface area contributed by atoms with E-state index in [-0.39, 0.29) is 0 Å². The van der Waals surface area contributed by atoms with E-state index in [4.69, 9.17) is 5.73 Å². The Hall–Kier alpha value is -0.120. The Morgan fingerprint density at radius 3 is 2.15 bits per heavy atom. The monoisotopic (exact) mass is 187 g/mol. The molecule has 0 aliphatic rings. The van der Waals surface area contributed by atoms with Gasteiger partial charge in [0.2, 0.25) is 0 Å². The fourth-order valence-electron chi connectivity index (χ4n) is 1.48. The highest BCUT2D eigenvalue weighted by atomic mass is 15.1. The van der Waals surface area contributed by atoms with Gasteiger partial charge in [-0.15, -0.1) is 0 Å². The third kappa shape index (κ3) is 6.02. The summed E-state index contributed by atoms with van der Waals surface area (Å²) in [6.45, 7) is 5.27. The molecule has 13 heavy (non-hydrogen) atoms. The Morgan fingerprint density at radius 2 is 1.77 bits per heavy atom. The van der Waals surface area contributed by atoms with Gasteiger partial charge in [0, 0.05) is 12.6 Å². The molecule has 1 unspecified atom stereocenters. The quantitative estimate of drug-likeness (QED) is 0.634. The van der Waals surface area contributed by atoms with Crippen LogP contribution in [0.2, 0.25) is 0 Å². The van der Waals surface area contributed by atoms with Gasteiger partial charge in [-0.2, -0.15) is 0 Å². The molecule has 0 aromatic carbocycles. The van der Waals surface area contributed by atoms with E-state index in [1.165, 1.54) is 6.42 Å². The molecule has 1 atom stereocenters. The van der Waals surface area contributed by atoms with E-state index in [1.807, 2.05) is 0 Å². The van der Waals surface area contributed by atoms with E-state index < -0.39 is 0 Å². The molecule has 0 saturated carbocycles. The Bertz CT molecular complexity index is 111. The minimum absolute atomic E-state index is 0.558. The van der Waals surface area contributed by atoms with Crippen molar-refractivity contribution in [1.29, 1.82) is 0 Å². The van der Waals surface area contributed by atoms with E-state index in [2.05, 4.69) is 37.9 Å². The third-order valence-corrected chi connectivity index (χ3v) is 2.48. The lowest BCUT2D eigenvalue weighted by Gasteiger charge is -2.26. The number of nitrogens with two attached hydrogens (primary N) is 1. The lowest BCUT2D eigenvalue weighted by Crippen LogP contribution is -2.38. The molecule has 0 aliphatic heterocycles. The van der Waals surface area contributed by atoms with Crippen LogP contribution in [0.15, 0.2) is 0 Å². The van der Waals surface area contributed by atoms with Gasteiger partial charge in [-0.3, -0.25) is 0 Å². The van der Waals surface area contributed by atoms with Crippen molar-refractivity contribution in [3.05, 3.63) is 0 Å². The van der Waals surface area contributed by atoms with Crippen molar-refractivity contribution in [3.63, 3.8) is 0 Å². The van der Waals surface area contributed by atoms with Crippen LogP contribution in [0.25, 0.3) is 0 Å². The summed E-state index contributed by atoms with van der Waals surface area (Å²) in [7, 11) is 6.39. The molecule has 3 nitrogen and oxygen atoms in total. The summed E-state index contributed by atoms with van der Waals surface area (Å²) in [5, 5.41) is 0. The normalized spacial score (nSPS) is 14.1. The topological polar surface area (TPSA) is 32.5 Å². The van der Waals surface area contributed by atoms with Gasteiger partial charge in [0.1, 0.15) is 0 Å². The molecule has 80 valence electrons. The summed E-state index contributed by atoms with van der Waals surface area (Å²) >= 11 is 0. The van der Waals surface area contributed by atoms with Crippen molar-refractivity contribution in [2.45, 2.75) is 25.8 Å². The Labute approximate surface area is 82.9 Å². The minimum Gasteiger partial charge on any atom is -0.329 e. The zero-order valence-electron chi connectivity index (χ0n) is 9.58. The van der Waals surface area contributed by atoms with E-state index in [9.17, 15) is 0 Å². The molecule has 0 rings (SSSR count). The smallest absolute Gasteiger partial charge is 0.0212 e. The zero-order chi connectivity index (χ0) is 10.3. The molecule has 0 aromatic rings. The molecule has 0 amide bonds. The van der Waals surface area contributed by atoms with Gasteiger partial charge in [0.05, 0.1) is 0 Å². The molecule has 0 spiro atoms. The minimum atomic E-state index is 0.558. The fraction of sp³-hybridized carbons (Fsp3) is 1.00. The van der Waals surface area contributed by atoms with Crippen LogP contribution < -0.4 is 5.73 Å². The SMILES string of the molecule is CCC(CN)N(C)CCCN(C)C. The largest absolute Gasteiger partial charge is 0.329 e. The first kappa shape index (κ1) is 12.9. The lowest BCUT2D eigenvalue weighted by molar-refractivity contribution is 0.227. The molecule has 0 aliphatic carbocycles. The second kappa shape index (κ2) is 7.30. The number of hydrogen-bond donors (Lipinski definition) is 1.